The number of rotatable bonds is 5. The summed E-state index contributed by atoms with van der Waals surface area (Å²) in [6, 6.07) is 3.98. The van der Waals surface area contributed by atoms with Crippen LogP contribution >= 0.6 is 0 Å². The molecule has 5 aliphatic rings. The maximum Gasteiger partial charge on any atom is 0.209 e. The van der Waals surface area contributed by atoms with E-state index < -0.39 is 11.0 Å². The minimum Gasteiger partial charge on any atom is -0.496 e. The Morgan fingerprint density at radius 2 is 0.460 bits per heavy atom. The molecule has 1 aliphatic heterocycles. The van der Waals surface area contributed by atoms with Crippen LogP contribution < -0.4 is 14.2 Å². The molecule has 4 aliphatic carbocycles. The van der Waals surface area contributed by atoms with Gasteiger partial charge in [0.15, 0.2) is 0 Å². The van der Waals surface area contributed by atoms with Crippen LogP contribution in [0, 0.1) is 0 Å². The molecule has 0 N–H and O–H groups in total. The third-order valence-corrected chi connectivity index (χ3v) is 29.8. The van der Waals surface area contributed by atoms with E-state index in [-0.39, 0.29) is 0 Å². The van der Waals surface area contributed by atoms with Crippen LogP contribution in [0.3, 0.4) is 0 Å². The van der Waals surface area contributed by atoms with Gasteiger partial charge in [0, 0.05) is 23.3 Å². The first-order valence-electron chi connectivity index (χ1n) is 31.5. The Bertz CT molecular complexity index is 9450. The molecule has 0 aromatic heterocycles. The minimum absolute atomic E-state index is 0.694. The van der Waals surface area contributed by atoms with Crippen molar-refractivity contribution in [3.05, 3.63) is 46.0 Å². The highest BCUT2D eigenvalue weighted by molar-refractivity contribution is 6.84. The highest BCUT2D eigenvalue weighted by atomic mass is 16.7. The summed E-state index contributed by atoms with van der Waals surface area (Å²) in [6.07, 6.45) is 4.63. The van der Waals surface area contributed by atoms with Crippen LogP contribution in [0.4, 0.5) is 0 Å². The molecule has 0 amide bonds. The van der Waals surface area contributed by atoms with E-state index in [1.165, 1.54) is 86.9 Å². The first-order valence-corrected chi connectivity index (χ1v) is 31.5. The Morgan fingerprint density at radius 3 is 0.736 bits per heavy atom. The lowest BCUT2D eigenvalue weighted by Gasteiger charge is -2.46. The maximum absolute atomic E-state index is 8.32. The molecular weight excluding hydrogens is 1060 g/mol. The van der Waals surface area contributed by atoms with E-state index in [4.69, 9.17) is 24.2 Å². The van der Waals surface area contributed by atoms with Crippen molar-refractivity contribution in [1.29, 1.82) is 0 Å². The second-order valence-electron chi connectivity index (χ2n) is 30.3. The van der Waals surface area contributed by atoms with Gasteiger partial charge in [-0.25, -0.2) is 0 Å². The molecule has 0 saturated heterocycles. The van der Waals surface area contributed by atoms with E-state index in [2.05, 4.69) is 12.2 Å². The summed E-state index contributed by atoms with van der Waals surface area (Å²) in [6.45, 7) is 0. The van der Waals surface area contributed by atoms with E-state index in [1.807, 2.05) is 12.1 Å². The van der Waals surface area contributed by atoms with Crippen LogP contribution in [-0.2, 0) is 15.9 Å². The largest absolute Gasteiger partial charge is 0.496 e. The molecule has 2 atom stereocenters. The molecule has 0 saturated carbocycles. The van der Waals surface area contributed by atoms with E-state index >= 15 is 0 Å². The fourth-order valence-electron chi connectivity index (χ4n) is 29.2. The second kappa shape index (κ2) is 7.83. The molecule has 34 aromatic carbocycles. The van der Waals surface area contributed by atoms with E-state index in [9.17, 15) is 0 Å². The van der Waals surface area contributed by atoms with Crippen molar-refractivity contribution < 1.29 is 19.0 Å². The molecule has 370 valence electrons. The third-order valence-electron chi connectivity index (χ3n) is 29.8. The fourth-order valence-corrected chi connectivity index (χ4v) is 29.2. The third kappa shape index (κ3) is 1.88. The number of oxime groups is 1. The van der Waals surface area contributed by atoms with Gasteiger partial charge in [-0.15, -0.1) is 0 Å². The van der Waals surface area contributed by atoms with Gasteiger partial charge in [-0.2, -0.15) is 0 Å². The summed E-state index contributed by atoms with van der Waals surface area (Å²) in [5.74, 6) is 2.09. The molecule has 0 fully saturated rings. The topological polar surface area (TPSA) is 49.3 Å². The Labute approximate surface area is 473 Å². The lowest BCUT2D eigenvalue weighted by molar-refractivity contribution is -0.00971. The zero-order valence-electron chi connectivity index (χ0n) is 44.9. The highest BCUT2D eigenvalue weighted by Crippen LogP contribution is 2.86. The quantitative estimate of drug-likeness (QED) is 0.127. The molecule has 34 aromatic rings. The highest BCUT2D eigenvalue weighted by Gasteiger charge is 2.76. The number of benzene rings is 23. The number of hydrogen-bond donors (Lipinski definition) is 0. The first-order chi connectivity index (χ1) is 43.3. The van der Waals surface area contributed by atoms with Crippen LogP contribution in [-0.4, -0.2) is 27.0 Å². The molecule has 2 unspecified atom stereocenters. The van der Waals surface area contributed by atoms with Crippen molar-refractivity contribution in [3.8, 4) is 17.2 Å². The zero-order chi connectivity index (χ0) is 52.5. The number of hydrogen-bond acceptors (Lipinski definition) is 5. The van der Waals surface area contributed by atoms with Gasteiger partial charge >= 0.3 is 0 Å². The molecular formula is C82H13NO4. The van der Waals surface area contributed by atoms with Crippen LogP contribution in [0.15, 0.2) is 23.4 Å². The van der Waals surface area contributed by atoms with Crippen molar-refractivity contribution in [2.45, 2.75) is 11.0 Å². The Kier molecular flexibility index (Phi) is 3.01. The fraction of sp³-hybridized carbons (Fsp3) is 0.0610. The standard InChI is InChI=1S/C82H13NO4/c1-84-8-6-10(85-2)9(11(7-8)86-3)4-5-12-81-77-70-63-52-41-30-22-15-13-14-16-18-17(15)28(30)35-34-29(18)31-24(16)27-26-20(14)21-19(13)23-25(22)37-43(41)54-55-44(37)42-33(23)36-32(21)40-38(26)46-39(27)47-45(31)51-48(34)57(49(35)52)68(70)71-61(51)59(47)67-60(46)62-56(40)58-50(36)53(42)64-66(55)75(74(77)65(54)63)79-72(64)69(58)73(62)80(76(67)78(71)81)82(79,81)87-83-12/h4-7H,1-3H3/b5-4+. The van der Waals surface area contributed by atoms with Gasteiger partial charge < -0.3 is 19.0 Å². The van der Waals surface area contributed by atoms with Gasteiger partial charge in [-0.1, -0.05) is 5.16 Å². The molecule has 2 spiro atoms. The van der Waals surface area contributed by atoms with Crippen LogP contribution in [0.1, 0.15) is 27.8 Å². The number of methoxy groups -OCH3 is 3. The summed E-state index contributed by atoms with van der Waals surface area (Å²) in [7, 11) is 5.24. The van der Waals surface area contributed by atoms with Crippen molar-refractivity contribution >= 4 is 357 Å². The number of ether oxygens (including phenoxy) is 3. The predicted octanol–water partition coefficient (Wildman–Crippen LogP) is 21.3. The predicted molar refractivity (Wildman–Crippen MR) is 361 cm³/mol. The van der Waals surface area contributed by atoms with Gasteiger partial charge in [-0.05, 0) is 368 Å². The lowest BCUT2D eigenvalue weighted by Crippen LogP contribution is -2.52. The van der Waals surface area contributed by atoms with Crippen LogP contribution in [0.5, 0.6) is 17.2 Å². The summed E-state index contributed by atoms with van der Waals surface area (Å²) in [5, 5.41) is 107. The Balaban J connectivity index is 1.01. The monoisotopic (exact) mass is 1080 g/mol. The molecule has 1 heterocycles. The summed E-state index contributed by atoms with van der Waals surface area (Å²) in [4.78, 5) is 8.32. The first kappa shape index (κ1) is 33.5. The van der Waals surface area contributed by atoms with E-state index in [1.54, 1.807) is 301 Å². The molecule has 39 rings (SSSR count). The van der Waals surface area contributed by atoms with Crippen molar-refractivity contribution in [3.63, 3.8) is 0 Å². The van der Waals surface area contributed by atoms with Gasteiger partial charge in [0.25, 0.3) is 0 Å². The summed E-state index contributed by atoms with van der Waals surface area (Å²) in [5.41, 5.74) is 5.85. The summed E-state index contributed by atoms with van der Waals surface area (Å²) >= 11 is 0. The maximum atomic E-state index is 8.32. The molecule has 0 bridgehead atoms. The smallest absolute Gasteiger partial charge is 0.209 e. The molecule has 87 heavy (non-hydrogen) atoms. The Morgan fingerprint density at radius 1 is 0.253 bits per heavy atom. The van der Waals surface area contributed by atoms with Crippen LogP contribution in [0.25, 0.3) is 351 Å². The summed E-state index contributed by atoms with van der Waals surface area (Å²) < 4.78 is 18.5. The molecule has 0 radical (unpaired) electrons. The van der Waals surface area contributed by atoms with Crippen molar-refractivity contribution in [2.24, 2.45) is 5.16 Å². The Hall–Kier alpha value is -11.0. The minimum atomic E-state index is -0.990. The van der Waals surface area contributed by atoms with E-state index in [0.29, 0.717) is 17.2 Å². The SMILES string of the molecule is COc1cc(OC)c(/C=C/C2=NOC34c5c6c7c8c9c%10c%11c(c%12c3c3c%13c5c5c6c6c%14c7c9c7c9c%10c%10c%15c%11c%11c%12c%12c3c3c%13c%13c5c5c6c6c%14c7c7c%14c9c%10c9c%10c%15c%11c%11c%12c%12c3c3c%13c5c5c6c7c6c%14c9c7c%10c%11c%12c9c3c5c6c97)C284)c(OC)c1. The second-order valence-corrected chi connectivity index (χ2v) is 30.3. The number of allylic oxidation sites excluding steroid dienone is 1. The van der Waals surface area contributed by atoms with Crippen molar-refractivity contribution in [2.75, 3.05) is 21.3 Å². The molecule has 5 nitrogen and oxygen atoms in total. The van der Waals surface area contributed by atoms with Gasteiger partial charge in [0.2, 0.25) is 5.60 Å². The zero-order valence-corrected chi connectivity index (χ0v) is 44.9. The van der Waals surface area contributed by atoms with Gasteiger partial charge in [0.1, 0.15) is 22.7 Å². The van der Waals surface area contributed by atoms with Gasteiger partial charge in [-0.3, -0.25) is 0 Å². The van der Waals surface area contributed by atoms with E-state index in [0.717, 1.165) is 11.3 Å². The van der Waals surface area contributed by atoms with Crippen molar-refractivity contribution in [1.82, 2.24) is 0 Å². The van der Waals surface area contributed by atoms with Gasteiger partial charge in [0.05, 0.1) is 32.6 Å². The van der Waals surface area contributed by atoms with Crippen LogP contribution in [0.2, 0.25) is 0 Å². The average Bonchev–Trinajstić information content (AvgIpc) is 1.38. The average molecular weight is 1080 g/mol. The lowest BCUT2D eigenvalue weighted by atomic mass is 9.54. The normalized spacial score (nSPS) is 21.0. The number of nitrogens with zero attached hydrogens (tertiary/aromatic N) is 1. The molecule has 5 heteroatoms.